The lowest BCUT2D eigenvalue weighted by atomic mass is 10.1. The summed E-state index contributed by atoms with van der Waals surface area (Å²) in [6.45, 7) is 5.65. The number of carbonyl (C=O) groups excluding carboxylic acids is 2. The van der Waals surface area contributed by atoms with Gasteiger partial charge in [-0.25, -0.2) is 9.78 Å². The maximum absolute atomic E-state index is 12.4. The van der Waals surface area contributed by atoms with Crippen LogP contribution in [0.5, 0.6) is 5.75 Å². The second kappa shape index (κ2) is 10.5. The number of hydrogen-bond acceptors (Lipinski definition) is 6. The van der Waals surface area contributed by atoms with E-state index in [-0.39, 0.29) is 12.5 Å². The number of ether oxygens (including phenoxy) is 2. The first kappa shape index (κ1) is 24.9. The van der Waals surface area contributed by atoms with Crippen LogP contribution < -0.4 is 20.7 Å². The average molecular weight is 528 g/mol. The normalized spacial score (nSPS) is 10.8. The molecule has 9 nitrogen and oxygen atoms in total. The molecule has 0 aliphatic rings. The number of anilines is 2. The third-order valence-corrected chi connectivity index (χ3v) is 5.11. The van der Waals surface area contributed by atoms with Crippen molar-refractivity contribution in [2.24, 2.45) is 0 Å². The van der Waals surface area contributed by atoms with E-state index in [2.05, 4.69) is 48.7 Å². The number of hydrogen-bond donors (Lipinski definition) is 3. The Hall–Kier alpha value is -3.71. The number of benzene rings is 1. The number of methoxy groups -OCH3 is 1. The second-order valence-electron chi connectivity index (χ2n) is 8.14. The molecule has 0 spiro atoms. The third kappa shape index (κ3) is 5.99. The smallest absolute Gasteiger partial charge is 0.413 e. The molecule has 0 atom stereocenters. The van der Waals surface area contributed by atoms with E-state index in [0.717, 1.165) is 4.47 Å². The molecule has 0 fully saturated rings. The number of halogens is 1. The van der Waals surface area contributed by atoms with Crippen LogP contribution in [0.2, 0.25) is 0 Å². The van der Waals surface area contributed by atoms with Gasteiger partial charge in [0.15, 0.2) is 17.2 Å². The summed E-state index contributed by atoms with van der Waals surface area (Å²) in [6.07, 6.45) is 1.18. The van der Waals surface area contributed by atoms with Gasteiger partial charge in [0.1, 0.15) is 11.4 Å². The van der Waals surface area contributed by atoms with Crippen LogP contribution in [0.1, 0.15) is 36.8 Å². The van der Waals surface area contributed by atoms with E-state index in [1.165, 1.54) is 7.11 Å². The van der Waals surface area contributed by atoms with E-state index in [1.54, 1.807) is 56.6 Å². The molecule has 1 aromatic carbocycles. The lowest BCUT2D eigenvalue weighted by Crippen LogP contribution is -2.27. The maximum atomic E-state index is 12.4. The molecule has 2 amide bonds. The number of nitrogens with zero attached hydrogens (tertiary/aromatic N) is 2. The highest BCUT2D eigenvalue weighted by molar-refractivity contribution is 9.10. The van der Waals surface area contributed by atoms with Gasteiger partial charge in [0.2, 0.25) is 0 Å². The van der Waals surface area contributed by atoms with E-state index in [9.17, 15) is 9.59 Å². The van der Waals surface area contributed by atoms with E-state index < -0.39 is 11.7 Å². The third-order valence-electron chi connectivity index (χ3n) is 4.49. The number of carbonyl (C=O) groups is 2. The molecule has 34 heavy (non-hydrogen) atoms. The highest BCUT2D eigenvalue weighted by Crippen LogP contribution is 2.26. The van der Waals surface area contributed by atoms with Crippen molar-refractivity contribution in [3.05, 3.63) is 52.3 Å². The maximum Gasteiger partial charge on any atom is 0.413 e. The molecule has 2 aromatic heterocycles. The summed E-state index contributed by atoms with van der Waals surface area (Å²) in [4.78, 5) is 28.8. The van der Waals surface area contributed by atoms with Crippen LogP contribution in [0.4, 0.5) is 16.3 Å². The van der Waals surface area contributed by atoms with Crippen molar-refractivity contribution in [1.29, 1.82) is 0 Å². The first-order valence-corrected chi connectivity index (χ1v) is 11.2. The average Bonchev–Trinajstić information content (AvgIpc) is 3.13. The highest BCUT2D eigenvalue weighted by atomic mass is 79.9. The van der Waals surface area contributed by atoms with Gasteiger partial charge in [0.05, 0.1) is 23.8 Å². The molecule has 3 aromatic rings. The van der Waals surface area contributed by atoms with Gasteiger partial charge >= 0.3 is 6.09 Å². The summed E-state index contributed by atoms with van der Waals surface area (Å²) in [6, 6.07) is 8.78. The van der Waals surface area contributed by atoms with E-state index >= 15 is 0 Å². The quantitative estimate of drug-likeness (QED) is 0.427. The zero-order valence-corrected chi connectivity index (χ0v) is 21.2. The number of aromatic nitrogens is 2. The van der Waals surface area contributed by atoms with Crippen LogP contribution in [-0.2, 0) is 4.74 Å². The second-order valence-corrected chi connectivity index (χ2v) is 8.99. The number of imidazole rings is 1. The molecule has 3 rings (SSSR count). The van der Waals surface area contributed by atoms with Gasteiger partial charge in [-0.3, -0.25) is 14.5 Å². The lowest BCUT2D eigenvalue weighted by molar-refractivity contribution is 0.0635. The molecular weight excluding hydrogens is 502 g/mol. The van der Waals surface area contributed by atoms with Crippen LogP contribution in [-0.4, -0.2) is 47.7 Å². The Labute approximate surface area is 206 Å². The van der Waals surface area contributed by atoms with Gasteiger partial charge in [0.25, 0.3) is 5.91 Å². The highest BCUT2D eigenvalue weighted by Gasteiger charge is 2.20. The van der Waals surface area contributed by atoms with Crippen molar-refractivity contribution < 1.29 is 19.1 Å². The molecule has 2 heterocycles. The molecule has 0 saturated heterocycles. The predicted octanol–water partition coefficient (Wildman–Crippen LogP) is 4.28. The number of rotatable bonds is 5. The van der Waals surface area contributed by atoms with E-state index in [1.807, 2.05) is 12.1 Å². The first-order chi connectivity index (χ1) is 16.1. The van der Waals surface area contributed by atoms with Crippen molar-refractivity contribution in [3.8, 4) is 17.6 Å². The summed E-state index contributed by atoms with van der Waals surface area (Å²) in [5.41, 5.74) is 1.53. The Balaban J connectivity index is 1.83. The fraction of sp³-hybridized carbons (Fsp3) is 0.292. The minimum absolute atomic E-state index is 0.201. The molecule has 0 unspecified atom stereocenters. The van der Waals surface area contributed by atoms with Crippen LogP contribution in [0.25, 0.3) is 5.65 Å². The molecule has 3 N–H and O–H groups in total. The molecular formula is C24H26BrN5O4. The standard InChI is InChI=1S/C24H26BrN5O4/c1-24(2,3)34-23(32)29-21-18(28-20-16(25)8-7-13-30(20)21)9-6-12-27-17-11-10-15(22(31)26-4)14-19(17)33-5/h7-8,10-11,13-14,27H,12H2,1-5H3,(H,26,31)(H,29,32). The minimum Gasteiger partial charge on any atom is -0.495 e. The molecule has 0 bridgehead atoms. The van der Waals surface area contributed by atoms with E-state index in [0.29, 0.717) is 34.2 Å². The van der Waals surface area contributed by atoms with Crippen LogP contribution in [0.3, 0.4) is 0 Å². The monoisotopic (exact) mass is 527 g/mol. The fourth-order valence-corrected chi connectivity index (χ4v) is 3.46. The number of nitrogens with one attached hydrogen (secondary N) is 3. The summed E-state index contributed by atoms with van der Waals surface area (Å²) >= 11 is 3.48. The Morgan fingerprint density at radius 1 is 1.24 bits per heavy atom. The van der Waals surface area contributed by atoms with Crippen molar-refractivity contribution in [1.82, 2.24) is 14.7 Å². The van der Waals surface area contributed by atoms with Crippen LogP contribution in [0, 0.1) is 11.8 Å². The van der Waals surface area contributed by atoms with Crippen LogP contribution in [0.15, 0.2) is 41.0 Å². The SMILES string of the molecule is CNC(=O)c1ccc(NCC#Cc2nc3c(Br)cccn3c2NC(=O)OC(C)(C)C)c(OC)c1. The van der Waals surface area contributed by atoms with E-state index in [4.69, 9.17) is 9.47 Å². The first-order valence-electron chi connectivity index (χ1n) is 10.4. The molecule has 0 radical (unpaired) electrons. The Kier molecular flexibility index (Phi) is 7.68. The summed E-state index contributed by atoms with van der Waals surface area (Å²) in [5.74, 6) is 6.74. The molecule has 10 heteroatoms. The van der Waals surface area contributed by atoms with Gasteiger partial charge in [-0.2, -0.15) is 0 Å². The Bertz CT molecular complexity index is 1280. The zero-order valence-electron chi connectivity index (χ0n) is 19.6. The summed E-state index contributed by atoms with van der Waals surface area (Å²) < 4.78 is 13.2. The fourth-order valence-electron chi connectivity index (χ4n) is 3.03. The molecule has 0 aliphatic heterocycles. The van der Waals surface area contributed by atoms with Gasteiger partial charge in [-0.15, -0.1) is 0 Å². The van der Waals surface area contributed by atoms with Gasteiger partial charge < -0.3 is 20.1 Å². The topological polar surface area (TPSA) is 106 Å². The van der Waals surface area contributed by atoms with Crippen molar-refractivity contribution >= 4 is 45.1 Å². The molecule has 178 valence electrons. The zero-order chi connectivity index (χ0) is 24.9. The number of pyridine rings is 1. The minimum atomic E-state index is -0.646. The van der Waals surface area contributed by atoms with Gasteiger partial charge in [-0.1, -0.05) is 5.92 Å². The largest absolute Gasteiger partial charge is 0.495 e. The van der Waals surface area contributed by atoms with Crippen molar-refractivity contribution in [3.63, 3.8) is 0 Å². The van der Waals surface area contributed by atoms with Crippen LogP contribution >= 0.6 is 15.9 Å². The molecule has 0 saturated carbocycles. The Morgan fingerprint density at radius 2 is 2.00 bits per heavy atom. The lowest BCUT2D eigenvalue weighted by Gasteiger charge is -2.19. The van der Waals surface area contributed by atoms with Crippen molar-refractivity contribution in [2.45, 2.75) is 26.4 Å². The Morgan fingerprint density at radius 3 is 2.68 bits per heavy atom. The summed E-state index contributed by atoms with van der Waals surface area (Å²) in [7, 11) is 3.10. The number of amides is 2. The van der Waals surface area contributed by atoms with Gasteiger partial charge in [0, 0.05) is 18.8 Å². The molecule has 0 aliphatic carbocycles. The van der Waals surface area contributed by atoms with Crippen molar-refractivity contribution in [2.75, 3.05) is 31.3 Å². The number of fused-ring (bicyclic) bond motifs is 1. The summed E-state index contributed by atoms with van der Waals surface area (Å²) in [5, 5.41) is 8.50. The van der Waals surface area contributed by atoms with Gasteiger partial charge in [-0.05, 0) is 73.0 Å². The predicted molar refractivity (Wildman–Crippen MR) is 135 cm³/mol.